The fraction of sp³-hybridized carbons (Fsp3) is 0.455. The van der Waals surface area contributed by atoms with Crippen molar-refractivity contribution in [3.63, 3.8) is 0 Å². The van der Waals surface area contributed by atoms with Crippen molar-refractivity contribution in [1.29, 1.82) is 0 Å². The highest BCUT2D eigenvalue weighted by molar-refractivity contribution is 7.99. The molecule has 0 spiro atoms. The van der Waals surface area contributed by atoms with Gasteiger partial charge in [0.2, 0.25) is 0 Å². The Bertz CT molecular complexity index is 357. The first kappa shape index (κ1) is 13.0. The number of hydrogen-bond acceptors (Lipinski definition) is 4. The molecule has 4 nitrogen and oxygen atoms in total. The molecule has 5 heteroatoms. The van der Waals surface area contributed by atoms with Crippen LogP contribution in [0.3, 0.4) is 0 Å². The van der Waals surface area contributed by atoms with E-state index in [-0.39, 0.29) is 12.3 Å². The van der Waals surface area contributed by atoms with Crippen molar-refractivity contribution in [2.45, 2.75) is 24.3 Å². The van der Waals surface area contributed by atoms with Gasteiger partial charge in [-0.25, -0.2) is 9.78 Å². The molecular weight excluding hydrogens is 226 g/mol. The summed E-state index contributed by atoms with van der Waals surface area (Å²) in [6.45, 7) is 2.23. The first-order valence-electron chi connectivity index (χ1n) is 5.04. The van der Waals surface area contributed by atoms with Crippen molar-refractivity contribution < 1.29 is 15.0 Å². The summed E-state index contributed by atoms with van der Waals surface area (Å²) in [5.41, 5.74) is 1.02. The van der Waals surface area contributed by atoms with Crippen LogP contribution in [0.15, 0.2) is 18.3 Å². The monoisotopic (exact) mass is 241 g/mol. The first-order chi connectivity index (χ1) is 7.63. The minimum Gasteiger partial charge on any atom is -0.477 e. The topological polar surface area (TPSA) is 70.4 Å². The van der Waals surface area contributed by atoms with Gasteiger partial charge in [0, 0.05) is 23.8 Å². The minimum atomic E-state index is -1.00. The van der Waals surface area contributed by atoms with Gasteiger partial charge >= 0.3 is 5.97 Å². The average Bonchev–Trinajstić information content (AvgIpc) is 2.27. The number of carboxylic acids is 1. The van der Waals surface area contributed by atoms with Crippen LogP contribution in [0.1, 0.15) is 29.4 Å². The largest absolute Gasteiger partial charge is 0.477 e. The molecule has 0 amide bonds. The summed E-state index contributed by atoms with van der Waals surface area (Å²) in [5.74, 6) is -0.264. The second kappa shape index (κ2) is 6.50. The normalized spacial score (nSPS) is 12.4. The number of aromatic nitrogens is 1. The summed E-state index contributed by atoms with van der Waals surface area (Å²) in [6, 6.07) is 3.39. The van der Waals surface area contributed by atoms with Crippen molar-refractivity contribution in [3.8, 4) is 0 Å². The maximum atomic E-state index is 10.7. The lowest BCUT2D eigenvalue weighted by Crippen LogP contribution is -2.02. The lowest BCUT2D eigenvalue weighted by Gasteiger charge is -2.09. The number of aliphatic hydroxyl groups excluding tert-OH is 1. The lowest BCUT2D eigenvalue weighted by molar-refractivity contribution is 0.0690. The number of carboxylic acid groups (broad SMARTS) is 1. The van der Waals surface area contributed by atoms with Crippen LogP contribution in [0.25, 0.3) is 0 Å². The molecule has 1 atom stereocenters. The second-order valence-corrected chi connectivity index (χ2v) is 4.92. The van der Waals surface area contributed by atoms with Gasteiger partial charge in [-0.2, -0.15) is 11.8 Å². The third-order valence-electron chi connectivity index (χ3n) is 2.11. The van der Waals surface area contributed by atoms with Crippen LogP contribution in [-0.4, -0.2) is 33.0 Å². The number of aliphatic hydroxyl groups is 1. The van der Waals surface area contributed by atoms with Crippen LogP contribution >= 0.6 is 11.8 Å². The third kappa shape index (κ3) is 4.20. The predicted octanol–water partition coefficient (Wildman–Crippen LogP) is 1.78. The molecule has 0 aliphatic carbocycles. The zero-order valence-electron chi connectivity index (χ0n) is 9.09. The van der Waals surface area contributed by atoms with Gasteiger partial charge in [0.1, 0.15) is 5.69 Å². The molecule has 2 N–H and O–H groups in total. The maximum absolute atomic E-state index is 10.7. The molecule has 0 aromatic carbocycles. The minimum absolute atomic E-state index is 0.0768. The summed E-state index contributed by atoms with van der Waals surface area (Å²) in [4.78, 5) is 14.4. The van der Waals surface area contributed by atoms with E-state index >= 15 is 0 Å². The summed E-state index contributed by atoms with van der Waals surface area (Å²) >= 11 is 1.69. The molecule has 0 aliphatic rings. The van der Waals surface area contributed by atoms with E-state index in [1.807, 2.05) is 13.0 Å². The average molecular weight is 241 g/mol. The van der Waals surface area contributed by atoms with Gasteiger partial charge in [-0.15, -0.1) is 0 Å². The number of aromatic carboxylic acids is 1. The van der Waals surface area contributed by atoms with Gasteiger partial charge in [0.05, 0.1) is 0 Å². The van der Waals surface area contributed by atoms with E-state index in [9.17, 15) is 4.79 Å². The lowest BCUT2D eigenvalue weighted by atomic mass is 10.2. The van der Waals surface area contributed by atoms with Gasteiger partial charge < -0.3 is 10.2 Å². The summed E-state index contributed by atoms with van der Waals surface area (Å²) < 4.78 is 0. The zero-order chi connectivity index (χ0) is 12.0. The molecule has 0 saturated carbocycles. The van der Waals surface area contributed by atoms with Gasteiger partial charge in [-0.05, 0) is 24.1 Å². The maximum Gasteiger partial charge on any atom is 0.354 e. The van der Waals surface area contributed by atoms with Crippen LogP contribution in [-0.2, 0) is 5.75 Å². The van der Waals surface area contributed by atoms with Crippen molar-refractivity contribution >= 4 is 17.7 Å². The van der Waals surface area contributed by atoms with E-state index in [1.165, 1.54) is 6.20 Å². The van der Waals surface area contributed by atoms with Gasteiger partial charge in [0.15, 0.2) is 0 Å². The molecule has 0 fully saturated rings. The number of hydrogen-bond donors (Lipinski definition) is 2. The SMILES string of the molecule is CC(CCO)SCc1ccnc(C(=O)O)c1. The quantitative estimate of drug-likeness (QED) is 0.794. The summed E-state index contributed by atoms with van der Waals surface area (Å²) in [7, 11) is 0. The molecule has 1 aromatic heterocycles. The molecule has 1 heterocycles. The fourth-order valence-corrected chi connectivity index (χ4v) is 2.11. The first-order valence-corrected chi connectivity index (χ1v) is 6.09. The predicted molar refractivity (Wildman–Crippen MR) is 63.7 cm³/mol. The number of thioether (sulfide) groups is 1. The van der Waals surface area contributed by atoms with E-state index < -0.39 is 5.97 Å². The van der Waals surface area contributed by atoms with Crippen LogP contribution in [0.4, 0.5) is 0 Å². The number of nitrogens with zero attached hydrogens (tertiary/aromatic N) is 1. The van der Waals surface area contributed by atoms with Crippen LogP contribution in [0.2, 0.25) is 0 Å². The van der Waals surface area contributed by atoms with Crippen molar-refractivity contribution in [2.24, 2.45) is 0 Å². The highest BCUT2D eigenvalue weighted by atomic mass is 32.2. The smallest absolute Gasteiger partial charge is 0.354 e. The molecular formula is C11H15NO3S. The number of pyridine rings is 1. The molecule has 0 bridgehead atoms. The molecule has 88 valence electrons. The Kier molecular flexibility index (Phi) is 5.28. The van der Waals surface area contributed by atoms with E-state index in [0.29, 0.717) is 5.25 Å². The molecule has 1 rings (SSSR count). The second-order valence-electron chi connectivity index (χ2n) is 3.49. The highest BCUT2D eigenvalue weighted by Gasteiger charge is 2.06. The summed E-state index contributed by atoms with van der Waals surface area (Å²) in [5, 5.41) is 17.9. The van der Waals surface area contributed by atoms with Crippen molar-refractivity contribution in [2.75, 3.05) is 6.61 Å². The van der Waals surface area contributed by atoms with Crippen LogP contribution in [0, 0.1) is 0 Å². The Morgan fingerprint density at radius 2 is 2.38 bits per heavy atom. The van der Waals surface area contributed by atoms with E-state index in [1.54, 1.807) is 17.8 Å². The molecule has 0 saturated heterocycles. The van der Waals surface area contributed by atoms with Crippen LogP contribution < -0.4 is 0 Å². The van der Waals surface area contributed by atoms with E-state index in [4.69, 9.17) is 10.2 Å². The molecule has 0 aliphatic heterocycles. The molecule has 16 heavy (non-hydrogen) atoms. The van der Waals surface area contributed by atoms with Gasteiger partial charge in [-0.3, -0.25) is 0 Å². The van der Waals surface area contributed by atoms with Gasteiger partial charge in [0.25, 0.3) is 0 Å². The molecule has 1 unspecified atom stereocenters. The van der Waals surface area contributed by atoms with E-state index in [2.05, 4.69) is 4.98 Å². The van der Waals surface area contributed by atoms with Gasteiger partial charge in [-0.1, -0.05) is 6.92 Å². The number of carbonyl (C=O) groups is 1. The van der Waals surface area contributed by atoms with Crippen molar-refractivity contribution in [3.05, 3.63) is 29.6 Å². The Balaban J connectivity index is 2.54. The Hall–Kier alpha value is -1.07. The van der Waals surface area contributed by atoms with E-state index in [0.717, 1.165) is 17.7 Å². The standard InChI is InChI=1S/C11H15NO3S/c1-8(3-5-13)16-7-9-2-4-12-10(6-9)11(14)15/h2,4,6,8,13H,3,5,7H2,1H3,(H,14,15). The van der Waals surface area contributed by atoms with Crippen molar-refractivity contribution in [1.82, 2.24) is 4.98 Å². The highest BCUT2D eigenvalue weighted by Crippen LogP contribution is 2.19. The summed E-state index contributed by atoms with van der Waals surface area (Å²) in [6.07, 6.45) is 2.26. The third-order valence-corrected chi connectivity index (χ3v) is 3.42. The Morgan fingerprint density at radius 1 is 1.62 bits per heavy atom. The fourth-order valence-electron chi connectivity index (χ4n) is 1.18. The zero-order valence-corrected chi connectivity index (χ0v) is 9.91. The van der Waals surface area contributed by atoms with Crippen LogP contribution in [0.5, 0.6) is 0 Å². The Labute approximate surface area is 98.7 Å². The Morgan fingerprint density at radius 3 is 3.00 bits per heavy atom. The molecule has 0 radical (unpaired) electrons. The number of rotatable bonds is 6. The molecule has 1 aromatic rings.